The summed E-state index contributed by atoms with van der Waals surface area (Å²) in [4.78, 5) is 37.9. The predicted octanol–water partition coefficient (Wildman–Crippen LogP) is 19.1. The van der Waals surface area contributed by atoms with Crippen LogP contribution < -0.4 is 4.89 Å². The lowest BCUT2D eigenvalue weighted by Gasteiger charge is -2.28. The van der Waals surface area contributed by atoms with E-state index in [2.05, 4.69) is 62.5 Å². The molecule has 0 aliphatic rings. The number of carbonyl (C=O) groups is 2. The topological polar surface area (TPSA) is 111 Å². The van der Waals surface area contributed by atoms with Gasteiger partial charge in [-0.25, -0.2) is 0 Å². The van der Waals surface area contributed by atoms with Gasteiger partial charge in [0.1, 0.15) is 19.8 Å². The summed E-state index contributed by atoms with van der Waals surface area (Å²) in [5.41, 5.74) is 0. The van der Waals surface area contributed by atoms with Crippen LogP contribution in [0.4, 0.5) is 0 Å². The minimum Gasteiger partial charge on any atom is -0.756 e. The zero-order valence-electron chi connectivity index (χ0n) is 49.3. The number of phosphoric ester groups is 1. The summed E-state index contributed by atoms with van der Waals surface area (Å²) < 4.78 is 34.2. The first-order valence-corrected chi connectivity index (χ1v) is 32.8. The molecule has 74 heavy (non-hydrogen) atoms. The lowest BCUT2D eigenvalue weighted by Crippen LogP contribution is -2.37. The van der Waals surface area contributed by atoms with E-state index in [1.165, 1.54) is 193 Å². The van der Waals surface area contributed by atoms with Crippen LogP contribution in [0.1, 0.15) is 296 Å². The number of esters is 2. The fourth-order valence-electron chi connectivity index (χ4n) is 8.95. The molecule has 0 saturated heterocycles. The maximum Gasteiger partial charge on any atom is 0.306 e. The maximum absolute atomic E-state index is 12.8. The van der Waals surface area contributed by atoms with E-state index in [1.54, 1.807) is 0 Å². The molecule has 434 valence electrons. The predicted molar refractivity (Wildman–Crippen MR) is 314 cm³/mol. The van der Waals surface area contributed by atoms with Gasteiger partial charge in [0.15, 0.2) is 6.10 Å². The number of carbonyl (C=O) groups excluding carboxylic acids is 2. The molecule has 9 nitrogen and oxygen atoms in total. The first-order valence-electron chi connectivity index (χ1n) is 31.3. The third-order valence-electron chi connectivity index (χ3n) is 13.8. The first-order chi connectivity index (χ1) is 36.0. The van der Waals surface area contributed by atoms with Gasteiger partial charge in [-0.3, -0.25) is 14.2 Å². The van der Waals surface area contributed by atoms with Crippen molar-refractivity contribution in [2.75, 3.05) is 47.5 Å². The lowest BCUT2D eigenvalue weighted by atomic mass is 10.0. The molecule has 2 unspecified atom stereocenters. The summed E-state index contributed by atoms with van der Waals surface area (Å²) in [5.74, 6) is -0.837. The van der Waals surface area contributed by atoms with Gasteiger partial charge in [-0.2, -0.15) is 0 Å². The summed E-state index contributed by atoms with van der Waals surface area (Å²) in [6.45, 7) is 4.23. The molecule has 0 aromatic rings. The zero-order valence-corrected chi connectivity index (χ0v) is 50.2. The van der Waals surface area contributed by atoms with Crippen LogP contribution in [-0.4, -0.2) is 70.0 Å². The number of hydrogen-bond donors (Lipinski definition) is 0. The molecule has 0 spiro atoms. The molecule has 0 radical (unpaired) electrons. The van der Waals surface area contributed by atoms with Crippen LogP contribution in [0.2, 0.25) is 0 Å². The molecule has 0 rings (SSSR count). The monoisotopic (exact) mass is 1060 g/mol. The minimum absolute atomic E-state index is 0.0334. The molecule has 0 N–H and O–H groups in total. The second kappa shape index (κ2) is 55.7. The Labute approximate surface area is 458 Å². The molecule has 0 aromatic carbocycles. The third-order valence-corrected chi connectivity index (χ3v) is 14.8. The van der Waals surface area contributed by atoms with Crippen molar-refractivity contribution in [1.29, 1.82) is 0 Å². The van der Waals surface area contributed by atoms with Crippen molar-refractivity contribution >= 4 is 19.8 Å². The van der Waals surface area contributed by atoms with Gasteiger partial charge in [-0.05, 0) is 77.0 Å². The molecular formula is C64H120NO8P. The van der Waals surface area contributed by atoms with Crippen molar-refractivity contribution in [2.24, 2.45) is 0 Å². The second-order valence-electron chi connectivity index (χ2n) is 22.4. The molecule has 0 aliphatic carbocycles. The van der Waals surface area contributed by atoms with Gasteiger partial charge in [0.2, 0.25) is 0 Å². The van der Waals surface area contributed by atoms with Crippen molar-refractivity contribution in [3.8, 4) is 0 Å². The van der Waals surface area contributed by atoms with Crippen LogP contribution in [0.15, 0.2) is 48.6 Å². The van der Waals surface area contributed by atoms with Crippen molar-refractivity contribution in [2.45, 2.75) is 302 Å². The Morgan fingerprint density at radius 1 is 0.419 bits per heavy atom. The summed E-state index contributed by atoms with van der Waals surface area (Å²) in [7, 11) is 1.16. The van der Waals surface area contributed by atoms with Crippen molar-refractivity contribution in [3.63, 3.8) is 0 Å². The van der Waals surface area contributed by atoms with E-state index >= 15 is 0 Å². The number of rotatable bonds is 58. The Morgan fingerprint density at radius 2 is 0.730 bits per heavy atom. The second-order valence-corrected chi connectivity index (χ2v) is 23.8. The average molecular weight is 1060 g/mol. The van der Waals surface area contributed by atoms with Gasteiger partial charge in [0.25, 0.3) is 7.82 Å². The molecule has 0 saturated carbocycles. The Kier molecular flexibility index (Phi) is 54.2. The van der Waals surface area contributed by atoms with Gasteiger partial charge in [0, 0.05) is 12.8 Å². The highest BCUT2D eigenvalue weighted by atomic mass is 31.2. The molecule has 0 amide bonds. The molecule has 10 heteroatoms. The Morgan fingerprint density at radius 3 is 1.12 bits per heavy atom. The van der Waals surface area contributed by atoms with E-state index in [4.69, 9.17) is 18.5 Å². The molecule has 0 bridgehead atoms. The number of hydrogen-bond acceptors (Lipinski definition) is 8. The van der Waals surface area contributed by atoms with Crippen LogP contribution in [0, 0.1) is 0 Å². The highest BCUT2D eigenvalue weighted by Gasteiger charge is 2.22. The molecule has 0 aromatic heterocycles. The number of quaternary nitrogens is 1. The minimum atomic E-state index is -4.64. The lowest BCUT2D eigenvalue weighted by molar-refractivity contribution is -0.870. The van der Waals surface area contributed by atoms with Crippen LogP contribution >= 0.6 is 7.82 Å². The summed E-state index contributed by atoms with van der Waals surface area (Å²) in [6.07, 6.45) is 70.3. The van der Waals surface area contributed by atoms with E-state index < -0.39 is 26.5 Å². The normalized spacial score (nSPS) is 13.5. The van der Waals surface area contributed by atoms with Crippen LogP contribution in [-0.2, 0) is 32.7 Å². The Hall–Kier alpha value is -2.03. The maximum atomic E-state index is 12.8. The third kappa shape index (κ3) is 59.2. The van der Waals surface area contributed by atoms with E-state index in [-0.39, 0.29) is 32.0 Å². The highest BCUT2D eigenvalue weighted by molar-refractivity contribution is 7.45. The van der Waals surface area contributed by atoms with E-state index in [9.17, 15) is 19.0 Å². The average Bonchev–Trinajstić information content (AvgIpc) is 3.36. The zero-order chi connectivity index (χ0) is 54.2. The fraction of sp³-hybridized carbons (Fsp3) is 0.844. The van der Waals surface area contributed by atoms with Crippen LogP contribution in [0.3, 0.4) is 0 Å². The standard InChI is InChI=1S/C64H120NO8P/c1-6-8-10-12-14-16-18-20-22-24-26-27-28-29-30-31-32-33-34-35-36-37-39-40-42-44-46-48-50-52-54-56-63(66)70-60-62(61-72-74(68,69)71-59-58-65(3,4)5)73-64(67)57-55-53-51-49-47-45-43-41-38-25-23-21-19-17-15-13-11-9-7-2/h15,17,21,23-24,26,38,41,62H,6-14,16,18-20,22,25,27-37,39-40,42-61H2,1-5H3/b17-15-,23-21-,26-24-,41-38-. The highest BCUT2D eigenvalue weighted by Crippen LogP contribution is 2.38. The van der Waals surface area contributed by atoms with E-state index in [1.807, 2.05) is 21.1 Å². The Bertz CT molecular complexity index is 1390. The van der Waals surface area contributed by atoms with Crippen molar-refractivity contribution in [3.05, 3.63) is 48.6 Å². The van der Waals surface area contributed by atoms with E-state index in [0.717, 1.165) is 70.6 Å². The number of phosphoric acid groups is 1. The van der Waals surface area contributed by atoms with Crippen molar-refractivity contribution in [1.82, 2.24) is 0 Å². The molecule has 0 heterocycles. The number of ether oxygens (including phenoxy) is 2. The summed E-state index contributed by atoms with van der Waals surface area (Å²) in [5, 5.41) is 0. The van der Waals surface area contributed by atoms with Crippen LogP contribution in [0.25, 0.3) is 0 Å². The quantitative estimate of drug-likeness (QED) is 0.0195. The first kappa shape index (κ1) is 72.0. The fourth-order valence-corrected chi connectivity index (χ4v) is 9.68. The largest absolute Gasteiger partial charge is 0.756 e. The summed E-state index contributed by atoms with van der Waals surface area (Å²) in [6, 6.07) is 0. The van der Waals surface area contributed by atoms with Gasteiger partial charge in [-0.1, -0.05) is 255 Å². The SMILES string of the molecule is CCCCC/C=C\C/C=C\C/C=C\CCCCCCCCC(=O)OC(COC(=O)CCCCCCCCCCCCCCCCCCCCC/C=C\CCCCCCCCCC)COP(=O)([O-])OCC[N+](C)(C)C. The van der Waals surface area contributed by atoms with Gasteiger partial charge in [-0.15, -0.1) is 0 Å². The molecule has 2 atom stereocenters. The van der Waals surface area contributed by atoms with Gasteiger partial charge < -0.3 is 27.9 Å². The van der Waals surface area contributed by atoms with E-state index in [0.29, 0.717) is 17.4 Å². The molecule has 0 aliphatic heterocycles. The Balaban J connectivity index is 4.05. The number of unbranched alkanes of at least 4 members (excludes halogenated alkanes) is 36. The van der Waals surface area contributed by atoms with Crippen LogP contribution in [0.5, 0.6) is 0 Å². The van der Waals surface area contributed by atoms with Gasteiger partial charge in [0.05, 0.1) is 27.7 Å². The van der Waals surface area contributed by atoms with Gasteiger partial charge >= 0.3 is 11.9 Å². The van der Waals surface area contributed by atoms with Crippen molar-refractivity contribution < 1.29 is 42.1 Å². The number of likely N-dealkylation sites (N-methyl/N-ethyl adjacent to an activating group) is 1. The molecular weight excluding hydrogens is 942 g/mol. The number of nitrogens with zero attached hydrogens (tertiary/aromatic N) is 1. The number of allylic oxidation sites excluding steroid dienone is 8. The summed E-state index contributed by atoms with van der Waals surface area (Å²) >= 11 is 0. The smallest absolute Gasteiger partial charge is 0.306 e. The molecule has 0 fully saturated rings.